The lowest BCUT2D eigenvalue weighted by Gasteiger charge is -2.02. The molecule has 0 fully saturated rings. The summed E-state index contributed by atoms with van der Waals surface area (Å²) in [5.41, 5.74) is 12.4. The van der Waals surface area contributed by atoms with Crippen molar-refractivity contribution in [2.45, 2.75) is 0 Å². The fourth-order valence-electron chi connectivity index (χ4n) is 2.10. The Morgan fingerprint density at radius 3 is 1.46 bits per heavy atom. The van der Waals surface area contributed by atoms with E-state index < -0.39 is 0 Å². The zero-order valence-corrected chi connectivity index (χ0v) is 15.0. The van der Waals surface area contributed by atoms with E-state index in [1.165, 1.54) is 22.7 Å². The average molecular weight is 376 g/mol. The largest absolute Gasteiger partial charge is 0.391 e. The number of thiophene rings is 2. The molecule has 0 spiro atoms. The number of nitrogens with two attached hydrogens (primary N) is 2. The first kappa shape index (κ1) is 17.4. The maximum atomic E-state index is 9.19. The summed E-state index contributed by atoms with van der Waals surface area (Å²) in [6.45, 7) is 0. The lowest BCUT2D eigenvalue weighted by Crippen LogP contribution is -2.00. The standard InChI is InChI=1S/C18H12N6S2/c19-9-15-16(10-20)24-14(6-2-12-4-8-18(22)26-12)13(23-15)5-1-11-3-7-17(21)25-11/h1-8H,21-22H2/b5-1+,6-2+. The molecule has 0 aromatic carbocycles. The summed E-state index contributed by atoms with van der Waals surface area (Å²) >= 11 is 2.88. The fourth-order valence-corrected chi connectivity index (χ4v) is 3.46. The molecule has 0 amide bonds. The number of hydrogen-bond donors (Lipinski definition) is 2. The van der Waals surface area contributed by atoms with Crippen molar-refractivity contribution < 1.29 is 0 Å². The number of nitriles is 2. The number of rotatable bonds is 4. The first-order valence-electron chi connectivity index (χ1n) is 7.38. The summed E-state index contributed by atoms with van der Waals surface area (Å²) in [4.78, 5) is 10.4. The minimum atomic E-state index is -0.00429. The van der Waals surface area contributed by atoms with Crippen molar-refractivity contribution in [1.29, 1.82) is 10.5 Å². The van der Waals surface area contributed by atoms with Gasteiger partial charge in [-0.2, -0.15) is 10.5 Å². The van der Waals surface area contributed by atoms with Crippen LogP contribution in [-0.4, -0.2) is 9.97 Å². The van der Waals surface area contributed by atoms with Gasteiger partial charge in [-0.1, -0.05) is 0 Å². The summed E-state index contributed by atoms with van der Waals surface area (Å²) in [5.74, 6) is 0. The van der Waals surface area contributed by atoms with E-state index in [1.54, 1.807) is 12.2 Å². The van der Waals surface area contributed by atoms with E-state index in [4.69, 9.17) is 11.5 Å². The first-order valence-corrected chi connectivity index (χ1v) is 9.01. The van der Waals surface area contributed by atoms with E-state index in [0.29, 0.717) is 21.4 Å². The van der Waals surface area contributed by atoms with Crippen LogP contribution < -0.4 is 11.5 Å². The maximum absolute atomic E-state index is 9.19. The third-order valence-corrected chi connectivity index (χ3v) is 5.03. The van der Waals surface area contributed by atoms with Gasteiger partial charge in [0.2, 0.25) is 0 Å². The average Bonchev–Trinajstić information content (AvgIpc) is 3.25. The molecular formula is C18H12N6S2. The maximum Gasteiger partial charge on any atom is 0.177 e. The van der Waals surface area contributed by atoms with Crippen LogP contribution in [-0.2, 0) is 0 Å². The molecule has 0 atom stereocenters. The van der Waals surface area contributed by atoms with Gasteiger partial charge in [-0.05, 0) is 48.6 Å². The molecule has 0 aliphatic rings. The number of aromatic nitrogens is 2. The Balaban J connectivity index is 2.02. The van der Waals surface area contributed by atoms with Crippen LogP contribution in [0.25, 0.3) is 24.3 Å². The van der Waals surface area contributed by atoms with E-state index in [0.717, 1.165) is 9.75 Å². The summed E-state index contributed by atoms with van der Waals surface area (Å²) in [6.07, 6.45) is 7.20. The van der Waals surface area contributed by atoms with Gasteiger partial charge < -0.3 is 11.5 Å². The quantitative estimate of drug-likeness (QED) is 0.712. The second kappa shape index (κ2) is 7.62. The molecule has 0 aliphatic heterocycles. The smallest absolute Gasteiger partial charge is 0.177 e. The van der Waals surface area contributed by atoms with Crippen molar-refractivity contribution in [2.75, 3.05) is 11.5 Å². The zero-order valence-electron chi connectivity index (χ0n) is 13.4. The predicted molar refractivity (Wildman–Crippen MR) is 107 cm³/mol. The van der Waals surface area contributed by atoms with Crippen LogP contribution in [0.1, 0.15) is 32.5 Å². The van der Waals surface area contributed by atoms with Gasteiger partial charge in [-0.25, -0.2) is 9.97 Å². The molecule has 4 N–H and O–H groups in total. The molecule has 0 saturated heterocycles. The van der Waals surface area contributed by atoms with Gasteiger partial charge in [0, 0.05) is 9.75 Å². The third-order valence-electron chi connectivity index (χ3n) is 3.27. The van der Waals surface area contributed by atoms with Gasteiger partial charge >= 0.3 is 0 Å². The van der Waals surface area contributed by atoms with Crippen LogP contribution >= 0.6 is 22.7 Å². The molecule has 3 aromatic rings. The molecule has 0 aliphatic carbocycles. The lowest BCUT2D eigenvalue weighted by molar-refractivity contribution is 1.10. The van der Waals surface area contributed by atoms with Gasteiger partial charge in [0.1, 0.15) is 12.1 Å². The molecule has 3 heterocycles. The molecule has 0 bridgehead atoms. The SMILES string of the molecule is N#Cc1nc(/C=C/c2ccc(N)s2)c(/C=C/c2ccc(N)s2)nc1C#N. The van der Waals surface area contributed by atoms with Crippen LogP contribution in [0.5, 0.6) is 0 Å². The first-order chi connectivity index (χ1) is 12.6. The second-order valence-electron chi connectivity index (χ2n) is 5.06. The van der Waals surface area contributed by atoms with E-state index in [-0.39, 0.29) is 11.4 Å². The van der Waals surface area contributed by atoms with Crippen LogP contribution in [0.2, 0.25) is 0 Å². The van der Waals surface area contributed by atoms with E-state index >= 15 is 0 Å². The van der Waals surface area contributed by atoms with Crippen molar-refractivity contribution in [1.82, 2.24) is 9.97 Å². The van der Waals surface area contributed by atoms with Crippen molar-refractivity contribution in [3.05, 3.63) is 56.8 Å². The van der Waals surface area contributed by atoms with Gasteiger partial charge in [0.25, 0.3) is 0 Å². The third kappa shape index (κ3) is 3.95. The molecule has 6 nitrogen and oxygen atoms in total. The summed E-state index contributed by atoms with van der Waals surface area (Å²) < 4.78 is 0. The minimum Gasteiger partial charge on any atom is -0.391 e. The molecule has 0 radical (unpaired) electrons. The highest BCUT2D eigenvalue weighted by Gasteiger charge is 2.10. The highest BCUT2D eigenvalue weighted by atomic mass is 32.1. The molecule has 3 rings (SSSR count). The van der Waals surface area contributed by atoms with Gasteiger partial charge in [-0.3, -0.25) is 0 Å². The summed E-state index contributed by atoms with van der Waals surface area (Å²) in [6, 6.07) is 11.2. The lowest BCUT2D eigenvalue weighted by atomic mass is 10.2. The second-order valence-corrected chi connectivity index (χ2v) is 7.36. The predicted octanol–water partition coefficient (Wildman–Crippen LogP) is 3.85. The van der Waals surface area contributed by atoms with E-state index in [9.17, 15) is 10.5 Å². The van der Waals surface area contributed by atoms with Crippen LogP contribution in [0.15, 0.2) is 24.3 Å². The number of nitrogens with zero attached hydrogens (tertiary/aromatic N) is 4. The molecular weight excluding hydrogens is 364 g/mol. The topological polar surface area (TPSA) is 125 Å². The molecule has 3 aromatic heterocycles. The van der Waals surface area contributed by atoms with Crippen LogP contribution in [0.3, 0.4) is 0 Å². The minimum absolute atomic E-state index is 0.00429. The van der Waals surface area contributed by atoms with Gasteiger partial charge in [0.15, 0.2) is 11.4 Å². The Kier molecular flexibility index (Phi) is 5.09. The van der Waals surface area contributed by atoms with Crippen molar-refractivity contribution in [3.8, 4) is 12.1 Å². The van der Waals surface area contributed by atoms with Crippen molar-refractivity contribution in [3.63, 3.8) is 0 Å². The normalized spacial score (nSPS) is 11.0. The van der Waals surface area contributed by atoms with Crippen molar-refractivity contribution in [2.24, 2.45) is 0 Å². The Morgan fingerprint density at radius 1 is 0.731 bits per heavy atom. The fraction of sp³-hybridized carbons (Fsp3) is 0. The monoisotopic (exact) mass is 376 g/mol. The van der Waals surface area contributed by atoms with Crippen LogP contribution in [0, 0.1) is 22.7 Å². The molecule has 8 heteroatoms. The Hall–Kier alpha value is -3.46. The van der Waals surface area contributed by atoms with Crippen LogP contribution in [0.4, 0.5) is 10.0 Å². The molecule has 0 saturated carbocycles. The Labute approximate surface area is 158 Å². The highest BCUT2D eigenvalue weighted by Crippen LogP contribution is 2.23. The highest BCUT2D eigenvalue weighted by molar-refractivity contribution is 7.17. The van der Waals surface area contributed by atoms with E-state index in [1.807, 2.05) is 48.6 Å². The van der Waals surface area contributed by atoms with E-state index in [2.05, 4.69) is 9.97 Å². The molecule has 126 valence electrons. The summed E-state index contributed by atoms with van der Waals surface area (Å²) in [5, 5.41) is 19.8. The summed E-state index contributed by atoms with van der Waals surface area (Å²) in [7, 11) is 0. The Morgan fingerprint density at radius 2 is 1.15 bits per heavy atom. The zero-order chi connectivity index (χ0) is 18.5. The number of anilines is 2. The number of nitrogen functional groups attached to an aromatic ring is 2. The molecule has 0 unspecified atom stereocenters. The van der Waals surface area contributed by atoms with Gasteiger partial charge in [-0.15, -0.1) is 22.7 Å². The van der Waals surface area contributed by atoms with Crippen molar-refractivity contribution >= 4 is 57.0 Å². The van der Waals surface area contributed by atoms with Gasteiger partial charge in [0.05, 0.1) is 21.4 Å². The molecule has 26 heavy (non-hydrogen) atoms. The number of hydrogen-bond acceptors (Lipinski definition) is 8. The Bertz CT molecular complexity index is 1000.